The molecule has 1 fully saturated rings. The molecule has 0 spiro atoms. The van der Waals surface area contributed by atoms with Gasteiger partial charge in [-0.3, -0.25) is 4.79 Å². The minimum atomic E-state index is 0.216. The standard InChI is InChI=1S/C28H27NO4S/c30-18-19-4-6-20(7-5-19)28-27(25-13-8-22(31)17-26(25)34-28)33-24-11-9-23(10-12-24)32-16-14-21-3-1-2-15-29-21/h4-13,17-18,21,29,31H,1-3,14-16H2. The Kier molecular flexibility index (Phi) is 6.79. The number of ether oxygens (including phenoxy) is 2. The van der Waals surface area contributed by atoms with Crippen molar-refractivity contribution in [3.05, 3.63) is 72.3 Å². The first-order chi connectivity index (χ1) is 16.7. The molecular weight excluding hydrogens is 446 g/mol. The second kappa shape index (κ2) is 10.3. The van der Waals surface area contributed by atoms with Crippen molar-refractivity contribution in [3.8, 4) is 33.4 Å². The van der Waals surface area contributed by atoms with E-state index >= 15 is 0 Å². The predicted molar refractivity (Wildman–Crippen MR) is 137 cm³/mol. The van der Waals surface area contributed by atoms with Gasteiger partial charge in [0, 0.05) is 21.7 Å². The lowest BCUT2D eigenvalue weighted by Gasteiger charge is -2.23. The van der Waals surface area contributed by atoms with E-state index in [9.17, 15) is 9.90 Å². The zero-order valence-electron chi connectivity index (χ0n) is 18.8. The molecule has 2 N–H and O–H groups in total. The highest BCUT2D eigenvalue weighted by Gasteiger charge is 2.17. The van der Waals surface area contributed by atoms with Gasteiger partial charge >= 0.3 is 0 Å². The lowest BCUT2D eigenvalue weighted by atomic mass is 10.0. The van der Waals surface area contributed by atoms with Crippen LogP contribution in [0.5, 0.6) is 23.0 Å². The summed E-state index contributed by atoms with van der Waals surface area (Å²) in [6, 6.07) is 21.0. The number of hydrogen-bond donors (Lipinski definition) is 2. The van der Waals surface area contributed by atoms with Crippen LogP contribution in [0.4, 0.5) is 0 Å². The molecule has 0 radical (unpaired) electrons. The fraction of sp³-hybridized carbons (Fsp3) is 0.250. The van der Waals surface area contributed by atoms with Crippen LogP contribution < -0.4 is 14.8 Å². The Bertz CT molecular complexity index is 1260. The van der Waals surface area contributed by atoms with E-state index in [0.29, 0.717) is 24.0 Å². The quantitative estimate of drug-likeness (QED) is 0.276. The first-order valence-corrected chi connectivity index (χ1v) is 12.5. The number of piperidine rings is 1. The van der Waals surface area contributed by atoms with Crippen LogP contribution in [0.1, 0.15) is 36.0 Å². The average molecular weight is 474 g/mol. The molecule has 1 saturated heterocycles. The Balaban J connectivity index is 1.34. The van der Waals surface area contributed by atoms with Crippen molar-refractivity contribution in [2.45, 2.75) is 31.7 Å². The average Bonchev–Trinajstić information content (AvgIpc) is 3.23. The van der Waals surface area contributed by atoms with Crippen LogP contribution in [0.15, 0.2) is 66.7 Å². The molecule has 0 amide bonds. The van der Waals surface area contributed by atoms with Crippen LogP contribution in [0, 0.1) is 0 Å². The fourth-order valence-electron chi connectivity index (χ4n) is 4.28. The largest absolute Gasteiger partial charge is 0.508 e. The summed E-state index contributed by atoms with van der Waals surface area (Å²) in [5, 5.41) is 14.4. The van der Waals surface area contributed by atoms with Gasteiger partial charge in [-0.1, -0.05) is 30.7 Å². The number of fused-ring (bicyclic) bond motifs is 1. The number of thiophene rings is 1. The van der Waals surface area contributed by atoms with E-state index in [-0.39, 0.29) is 5.75 Å². The lowest BCUT2D eigenvalue weighted by Crippen LogP contribution is -2.35. The van der Waals surface area contributed by atoms with E-state index in [2.05, 4.69) is 5.32 Å². The zero-order valence-corrected chi connectivity index (χ0v) is 19.6. The van der Waals surface area contributed by atoms with Gasteiger partial charge in [-0.25, -0.2) is 0 Å². The molecule has 1 atom stereocenters. The van der Waals surface area contributed by atoms with Gasteiger partial charge in [0.25, 0.3) is 0 Å². The number of hydrogen-bond acceptors (Lipinski definition) is 6. The first-order valence-electron chi connectivity index (χ1n) is 11.6. The van der Waals surface area contributed by atoms with E-state index in [0.717, 1.165) is 51.3 Å². The molecule has 0 saturated carbocycles. The van der Waals surface area contributed by atoms with Gasteiger partial charge in [-0.05, 0) is 73.8 Å². The van der Waals surface area contributed by atoms with Crippen LogP contribution in [0.2, 0.25) is 0 Å². The molecule has 5 nitrogen and oxygen atoms in total. The number of aldehydes is 1. The smallest absolute Gasteiger partial charge is 0.153 e. The Hall–Kier alpha value is -3.35. The first kappa shape index (κ1) is 22.4. The Morgan fingerprint density at radius 3 is 2.53 bits per heavy atom. The highest BCUT2D eigenvalue weighted by atomic mass is 32.1. The summed E-state index contributed by atoms with van der Waals surface area (Å²) < 4.78 is 13.2. The van der Waals surface area contributed by atoms with Crippen molar-refractivity contribution in [2.24, 2.45) is 0 Å². The Labute approximate surface area is 203 Å². The van der Waals surface area contributed by atoms with Crippen molar-refractivity contribution in [2.75, 3.05) is 13.2 Å². The normalized spacial score (nSPS) is 15.8. The van der Waals surface area contributed by atoms with Crippen LogP contribution >= 0.6 is 11.3 Å². The fourth-order valence-corrected chi connectivity index (χ4v) is 5.45. The minimum absolute atomic E-state index is 0.216. The Morgan fingerprint density at radius 2 is 1.79 bits per heavy atom. The maximum Gasteiger partial charge on any atom is 0.153 e. The van der Waals surface area contributed by atoms with Crippen molar-refractivity contribution < 1.29 is 19.4 Å². The number of carbonyl (C=O) groups excluding carboxylic acids is 1. The van der Waals surface area contributed by atoms with E-state index < -0.39 is 0 Å². The van der Waals surface area contributed by atoms with Gasteiger partial charge in [0.15, 0.2) is 5.75 Å². The van der Waals surface area contributed by atoms with Gasteiger partial charge in [0.2, 0.25) is 0 Å². The van der Waals surface area contributed by atoms with E-state index in [1.807, 2.05) is 42.5 Å². The molecule has 174 valence electrons. The zero-order chi connectivity index (χ0) is 23.3. The van der Waals surface area contributed by atoms with Crippen LogP contribution in [0.25, 0.3) is 20.5 Å². The van der Waals surface area contributed by atoms with Gasteiger partial charge in [0.1, 0.15) is 23.5 Å². The Morgan fingerprint density at radius 1 is 1.00 bits per heavy atom. The molecule has 1 aromatic heterocycles. The summed E-state index contributed by atoms with van der Waals surface area (Å²) in [6.45, 7) is 1.80. The highest BCUT2D eigenvalue weighted by Crippen LogP contribution is 2.47. The molecule has 3 aromatic carbocycles. The summed E-state index contributed by atoms with van der Waals surface area (Å²) in [7, 11) is 0. The molecule has 1 unspecified atom stereocenters. The minimum Gasteiger partial charge on any atom is -0.508 e. The summed E-state index contributed by atoms with van der Waals surface area (Å²) >= 11 is 1.55. The number of phenolic OH excluding ortho intramolecular Hbond substituents is 1. The van der Waals surface area contributed by atoms with Crippen molar-refractivity contribution >= 4 is 27.7 Å². The number of nitrogens with one attached hydrogen (secondary N) is 1. The third-order valence-corrected chi connectivity index (χ3v) is 7.31. The number of phenols is 1. The molecule has 34 heavy (non-hydrogen) atoms. The van der Waals surface area contributed by atoms with Gasteiger partial charge in [-0.15, -0.1) is 11.3 Å². The van der Waals surface area contributed by atoms with Crippen molar-refractivity contribution in [1.29, 1.82) is 0 Å². The third kappa shape index (κ3) is 5.08. The molecule has 1 aliphatic rings. The van der Waals surface area contributed by atoms with E-state index in [1.54, 1.807) is 35.6 Å². The molecule has 1 aliphatic heterocycles. The lowest BCUT2D eigenvalue weighted by molar-refractivity contribution is 0.112. The van der Waals surface area contributed by atoms with Crippen molar-refractivity contribution in [3.63, 3.8) is 0 Å². The second-order valence-electron chi connectivity index (χ2n) is 8.54. The second-order valence-corrected chi connectivity index (χ2v) is 9.59. The number of aromatic hydroxyl groups is 1. The number of benzene rings is 3. The van der Waals surface area contributed by atoms with Crippen LogP contribution in [-0.4, -0.2) is 30.6 Å². The van der Waals surface area contributed by atoms with Crippen molar-refractivity contribution in [1.82, 2.24) is 5.32 Å². The van der Waals surface area contributed by atoms with E-state index in [4.69, 9.17) is 9.47 Å². The third-order valence-electron chi connectivity index (χ3n) is 6.13. The van der Waals surface area contributed by atoms with Crippen LogP contribution in [0.3, 0.4) is 0 Å². The summed E-state index contributed by atoms with van der Waals surface area (Å²) in [4.78, 5) is 12.0. The molecule has 0 bridgehead atoms. The molecule has 4 aromatic rings. The predicted octanol–water partition coefficient (Wildman–Crippen LogP) is 6.79. The maximum atomic E-state index is 11.1. The molecule has 5 rings (SSSR count). The highest BCUT2D eigenvalue weighted by molar-refractivity contribution is 7.22. The maximum absolute atomic E-state index is 11.1. The number of rotatable bonds is 8. The van der Waals surface area contributed by atoms with Gasteiger partial charge < -0.3 is 19.9 Å². The number of carbonyl (C=O) groups is 1. The molecule has 6 heteroatoms. The topological polar surface area (TPSA) is 67.8 Å². The molecular formula is C28H27NO4S. The SMILES string of the molecule is O=Cc1ccc(-c2sc3cc(O)ccc3c2Oc2ccc(OCCC3CCCCN3)cc2)cc1. The summed E-state index contributed by atoms with van der Waals surface area (Å²) in [6.07, 6.45) is 5.63. The van der Waals surface area contributed by atoms with Gasteiger partial charge in [-0.2, -0.15) is 0 Å². The molecule has 2 heterocycles. The summed E-state index contributed by atoms with van der Waals surface area (Å²) in [5.41, 5.74) is 1.58. The summed E-state index contributed by atoms with van der Waals surface area (Å²) in [5.74, 6) is 2.48. The van der Waals surface area contributed by atoms with Crippen LogP contribution in [-0.2, 0) is 0 Å². The van der Waals surface area contributed by atoms with E-state index in [1.165, 1.54) is 19.3 Å². The monoisotopic (exact) mass is 473 g/mol. The van der Waals surface area contributed by atoms with Gasteiger partial charge in [0.05, 0.1) is 11.5 Å². The molecule has 0 aliphatic carbocycles.